The van der Waals surface area contributed by atoms with E-state index in [0.717, 1.165) is 35.5 Å². The van der Waals surface area contributed by atoms with Gasteiger partial charge in [0.1, 0.15) is 0 Å². The molecule has 118 valence electrons. The summed E-state index contributed by atoms with van der Waals surface area (Å²) in [5, 5.41) is 9.32. The Labute approximate surface area is 131 Å². The van der Waals surface area contributed by atoms with Crippen molar-refractivity contribution in [2.45, 2.75) is 38.2 Å². The Morgan fingerprint density at radius 1 is 1.24 bits per heavy atom. The second-order valence-corrected chi connectivity index (χ2v) is 8.57. The van der Waals surface area contributed by atoms with Gasteiger partial charge in [0, 0.05) is 6.54 Å². The van der Waals surface area contributed by atoms with Crippen LogP contribution in [0, 0.1) is 19.8 Å². The van der Waals surface area contributed by atoms with Crippen LogP contribution < -0.4 is 4.72 Å². The minimum atomic E-state index is -3.51. The SMILES string of the molecule is Cc1cc(C)c(S(=O)(=O)NCC2CCSCC2)cc1CO. The van der Waals surface area contributed by atoms with Gasteiger partial charge in [0.25, 0.3) is 0 Å². The van der Waals surface area contributed by atoms with Gasteiger partial charge in [-0.25, -0.2) is 13.1 Å². The van der Waals surface area contributed by atoms with Crippen LogP contribution in [0.15, 0.2) is 17.0 Å². The average molecular weight is 329 g/mol. The fourth-order valence-electron chi connectivity index (χ4n) is 2.59. The molecule has 1 aliphatic rings. The molecule has 6 heteroatoms. The molecule has 2 N–H and O–H groups in total. The van der Waals surface area contributed by atoms with E-state index >= 15 is 0 Å². The molecular formula is C15H23NO3S2. The molecular weight excluding hydrogens is 306 g/mol. The van der Waals surface area contributed by atoms with Crippen LogP contribution in [-0.2, 0) is 16.6 Å². The highest BCUT2D eigenvalue weighted by Crippen LogP contribution is 2.24. The zero-order valence-corrected chi connectivity index (χ0v) is 14.2. The van der Waals surface area contributed by atoms with Crippen molar-refractivity contribution >= 4 is 21.8 Å². The first-order valence-electron chi connectivity index (χ1n) is 7.22. The summed E-state index contributed by atoms with van der Waals surface area (Å²) in [6.45, 7) is 4.03. The van der Waals surface area contributed by atoms with Gasteiger partial charge in [0.15, 0.2) is 0 Å². The molecule has 1 aromatic rings. The lowest BCUT2D eigenvalue weighted by molar-refractivity contribution is 0.280. The van der Waals surface area contributed by atoms with Crippen LogP contribution in [0.5, 0.6) is 0 Å². The van der Waals surface area contributed by atoms with E-state index in [1.807, 2.05) is 24.8 Å². The molecule has 0 unspecified atom stereocenters. The average Bonchev–Trinajstić information content (AvgIpc) is 2.46. The number of rotatable bonds is 5. The van der Waals surface area contributed by atoms with Gasteiger partial charge in [-0.1, -0.05) is 6.07 Å². The number of thioether (sulfide) groups is 1. The second kappa shape index (κ2) is 7.13. The fourth-order valence-corrected chi connectivity index (χ4v) is 5.19. The van der Waals surface area contributed by atoms with E-state index < -0.39 is 10.0 Å². The summed E-state index contributed by atoms with van der Waals surface area (Å²) >= 11 is 1.93. The van der Waals surface area contributed by atoms with Crippen molar-refractivity contribution in [3.63, 3.8) is 0 Å². The van der Waals surface area contributed by atoms with E-state index in [9.17, 15) is 13.5 Å². The van der Waals surface area contributed by atoms with Crippen molar-refractivity contribution in [1.82, 2.24) is 4.72 Å². The minimum Gasteiger partial charge on any atom is -0.392 e. The first-order valence-corrected chi connectivity index (χ1v) is 9.86. The van der Waals surface area contributed by atoms with Gasteiger partial charge < -0.3 is 5.11 Å². The number of benzene rings is 1. The molecule has 0 amide bonds. The summed E-state index contributed by atoms with van der Waals surface area (Å²) in [5.74, 6) is 2.67. The predicted molar refractivity (Wildman–Crippen MR) is 87.1 cm³/mol. The molecule has 0 spiro atoms. The van der Waals surface area contributed by atoms with Crippen molar-refractivity contribution in [2.75, 3.05) is 18.1 Å². The van der Waals surface area contributed by atoms with E-state index in [4.69, 9.17) is 0 Å². The van der Waals surface area contributed by atoms with Gasteiger partial charge in [0.2, 0.25) is 10.0 Å². The molecule has 0 radical (unpaired) electrons. The smallest absolute Gasteiger partial charge is 0.240 e. The van der Waals surface area contributed by atoms with E-state index in [1.165, 1.54) is 0 Å². The Kier molecular flexibility index (Phi) is 5.71. The number of hydrogen-bond acceptors (Lipinski definition) is 4. The number of aryl methyl sites for hydroxylation is 2. The highest BCUT2D eigenvalue weighted by Gasteiger charge is 2.21. The third kappa shape index (κ3) is 4.22. The number of nitrogens with one attached hydrogen (secondary N) is 1. The lowest BCUT2D eigenvalue weighted by Gasteiger charge is -2.22. The van der Waals surface area contributed by atoms with Gasteiger partial charge in [-0.3, -0.25) is 0 Å². The maximum absolute atomic E-state index is 12.5. The van der Waals surface area contributed by atoms with Crippen molar-refractivity contribution < 1.29 is 13.5 Å². The molecule has 1 fully saturated rings. The lowest BCUT2D eigenvalue weighted by atomic mass is 10.0. The first kappa shape index (κ1) is 16.8. The highest BCUT2D eigenvalue weighted by molar-refractivity contribution is 7.99. The van der Waals surface area contributed by atoms with Crippen molar-refractivity contribution in [1.29, 1.82) is 0 Å². The molecule has 1 aliphatic heterocycles. The Bertz CT molecular complexity index is 593. The number of hydrogen-bond donors (Lipinski definition) is 2. The molecule has 1 saturated heterocycles. The van der Waals surface area contributed by atoms with Crippen molar-refractivity contribution in [2.24, 2.45) is 5.92 Å². The van der Waals surface area contributed by atoms with E-state index in [-0.39, 0.29) is 11.5 Å². The van der Waals surface area contributed by atoms with Gasteiger partial charge in [-0.05, 0) is 66.9 Å². The van der Waals surface area contributed by atoms with E-state index in [2.05, 4.69) is 4.72 Å². The predicted octanol–water partition coefficient (Wildman–Crippen LogP) is 2.22. The molecule has 21 heavy (non-hydrogen) atoms. The molecule has 0 saturated carbocycles. The Morgan fingerprint density at radius 2 is 1.90 bits per heavy atom. The molecule has 0 aliphatic carbocycles. The van der Waals surface area contributed by atoms with Crippen LogP contribution in [0.4, 0.5) is 0 Å². The zero-order chi connectivity index (χ0) is 15.5. The molecule has 0 aromatic heterocycles. The van der Waals surface area contributed by atoms with Gasteiger partial charge in [-0.2, -0.15) is 11.8 Å². The van der Waals surface area contributed by atoms with Gasteiger partial charge >= 0.3 is 0 Å². The van der Waals surface area contributed by atoms with Gasteiger partial charge in [-0.15, -0.1) is 0 Å². The molecule has 1 heterocycles. The molecule has 2 rings (SSSR count). The van der Waals surface area contributed by atoms with Crippen LogP contribution in [0.2, 0.25) is 0 Å². The summed E-state index contributed by atoms with van der Waals surface area (Å²) in [5.41, 5.74) is 2.30. The van der Waals surface area contributed by atoms with Crippen LogP contribution in [0.1, 0.15) is 29.5 Å². The summed E-state index contributed by atoms with van der Waals surface area (Å²) in [7, 11) is -3.51. The third-order valence-corrected chi connectivity index (χ3v) is 6.61. The normalized spacial score (nSPS) is 17.1. The minimum absolute atomic E-state index is 0.144. The van der Waals surface area contributed by atoms with Gasteiger partial charge in [0.05, 0.1) is 11.5 Å². The van der Waals surface area contributed by atoms with E-state index in [1.54, 1.807) is 13.0 Å². The van der Waals surface area contributed by atoms with Crippen LogP contribution in [0.25, 0.3) is 0 Å². The monoisotopic (exact) mass is 329 g/mol. The number of aliphatic hydroxyl groups is 1. The summed E-state index contributed by atoms with van der Waals surface area (Å²) < 4.78 is 27.7. The number of sulfonamides is 1. The maximum Gasteiger partial charge on any atom is 0.240 e. The molecule has 0 bridgehead atoms. The molecule has 0 atom stereocenters. The van der Waals surface area contributed by atoms with E-state index in [0.29, 0.717) is 18.0 Å². The van der Waals surface area contributed by atoms with Crippen molar-refractivity contribution in [3.8, 4) is 0 Å². The zero-order valence-electron chi connectivity index (χ0n) is 12.6. The first-order chi connectivity index (χ1) is 9.94. The largest absolute Gasteiger partial charge is 0.392 e. The Balaban J connectivity index is 2.15. The van der Waals surface area contributed by atoms with Crippen LogP contribution >= 0.6 is 11.8 Å². The highest BCUT2D eigenvalue weighted by atomic mass is 32.2. The molecule has 1 aromatic carbocycles. The lowest BCUT2D eigenvalue weighted by Crippen LogP contribution is -2.31. The Morgan fingerprint density at radius 3 is 2.52 bits per heavy atom. The summed E-state index contributed by atoms with van der Waals surface area (Å²) in [6, 6.07) is 3.40. The Hall–Kier alpha value is -0.560. The maximum atomic E-state index is 12.5. The quantitative estimate of drug-likeness (QED) is 0.869. The van der Waals surface area contributed by atoms with Crippen LogP contribution in [0.3, 0.4) is 0 Å². The summed E-state index contributed by atoms with van der Waals surface area (Å²) in [4.78, 5) is 0.280. The molecule has 4 nitrogen and oxygen atoms in total. The fraction of sp³-hybridized carbons (Fsp3) is 0.600. The third-order valence-electron chi connectivity index (χ3n) is 4.00. The van der Waals surface area contributed by atoms with Crippen LogP contribution in [-0.4, -0.2) is 31.6 Å². The standard InChI is InChI=1S/C15H23NO3S2/c1-11-7-12(2)15(8-14(11)10-17)21(18,19)16-9-13-3-5-20-6-4-13/h7-8,13,16-17H,3-6,9-10H2,1-2H3. The van der Waals surface area contributed by atoms with Crippen molar-refractivity contribution in [3.05, 3.63) is 28.8 Å². The number of aliphatic hydroxyl groups excluding tert-OH is 1. The topological polar surface area (TPSA) is 66.4 Å². The summed E-state index contributed by atoms with van der Waals surface area (Å²) in [6.07, 6.45) is 2.14. The second-order valence-electron chi connectivity index (χ2n) is 5.61.